The maximum atomic E-state index is 11.7. The maximum absolute atomic E-state index is 11.7. The minimum absolute atomic E-state index is 0.0513. The fraction of sp³-hybridized carbons (Fsp3) is 0.333. The molecule has 1 aromatic carbocycles. The summed E-state index contributed by atoms with van der Waals surface area (Å²) in [5.41, 5.74) is -0.0864. The van der Waals surface area contributed by atoms with Gasteiger partial charge in [-0.1, -0.05) is 23.2 Å². The molecule has 5 nitrogen and oxygen atoms in total. The summed E-state index contributed by atoms with van der Waals surface area (Å²) in [4.78, 5) is 22.8. The minimum Gasteiger partial charge on any atom is -0.478 e. The van der Waals surface area contributed by atoms with Crippen LogP contribution in [-0.2, 0) is 0 Å². The van der Waals surface area contributed by atoms with Crippen LogP contribution in [0.2, 0.25) is 10.0 Å². The molecule has 0 heterocycles. The first-order valence-corrected chi connectivity index (χ1v) is 6.53. The van der Waals surface area contributed by atoms with Crippen LogP contribution in [0.1, 0.15) is 29.6 Å². The molecule has 1 aromatic rings. The van der Waals surface area contributed by atoms with E-state index < -0.39 is 12.0 Å². The van der Waals surface area contributed by atoms with E-state index in [0.717, 1.165) is 19.3 Å². The highest BCUT2D eigenvalue weighted by Crippen LogP contribution is 2.30. The number of carboxylic acid groups (broad SMARTS) is 1. The molecule has 0 bridgehead atoms. The van der Waals surface area contributed by atoms with E-state index in [1.54, 1.807) is 0 Å². The fourth-order valence-corrected chi connectivity index (χ4v) is 2.30. The Morgan fingerprint density at radius 3 is 2.47 bits per heavy atom. The topological polar surface area (TPSA) is 78.4 Å². The average molecular weight is 303 g/mol. The number of halogens is 2. The number of nitrogens with one attached hydrogen (secondary N) is 2. The molecule has 2 amide bonds. The molecule has 0 aliphatic heterocycles. The van der Waals surface area contributed by atoms with Crippen LogP contribution in [-0.4, -0.2) is 23.1 Å². The summed E-state index contributed by atoms with van der Waals surface area (Å²) >= 11 is 11.7. The van der Waals surface area contributed by atoms with Crippen molar-refractivity contribution in [3.8, 4) is 0 Å². The summed E-state index contributed by atoms with van der Waals surface area (Å²) in [6.07, 6.45) is 2.97. The highest BCUT2D eigenvalue weighted by molar-refractivity contribution is 6.37. The number of rotatable bonds is 3. The SMILES string of the molecule is O=C(Nc1c(Cl)cc(Cl)cc1C(=O)O)NC1CCC1. The Bertz CT molecular complexity index is 530. The number of anilines is 1. The van der Waals surface area contributed by atoms with Crippen molar-refractivity contribution in [2.75, 3.05) is 5.32 Å². The summed E-state index contributed by atoms with van der Waals surface area (Å²) in [7, 11) is 0. The van der Waals surface area contributed by atoms with Gasteiger partial charge >= 0.3 is 12.0 Å². The van der Waals surface area contributed by atoms with Crippen LogP contribution in [0.4, 0.5) is 10.5 Å². The van der Waals surface area contributed by atoms with Crippen molar-refractivity contribution in [3.63, 3.8) is 0 Å². The van der Waals surface area contributed by atoms with Gasteiger partial charge < -0.3 is 15.7 Å². The van der Waals surface area contributed by atoms with Gasteiger partial charge in [-0.3, -0.25) is 0 Å². The number of hydrogen-bond donors (Lipinski definition) is 3. The van der Waals surface area contributed by atoms with E-state index in [1.165, 1.54) is 12.1 Å². The number of carboxylic acids is 1. The van der Waals surface area contributed by atoms with E-state index in [9.17, 15) is 9.59 Å². The molecule has 7 heteroatoms. The molecule has 0 aromatic heterocycles. The number of hydrogen-bond acceptors (Lipinski definition) is 2. The van der Waals surface area contributed by atoms with E-state index in [4.69, 9.17) is 28.3 Å². The van der Waals surface area contributed by atoms with Gasteiger partial charge in [-0.05, 0) is 31.4 Å². The smallest absolute Gasteiger partial charge is 0.337 e. The molecule has 3 N–H and O–H groups in total. The summed E-state index contributed by atoms with van der Waals surface area (Å²) in [5.74, 6) is -1.21. The van der Waals surface area contributed by atoms with E-state index >= 15 is 0 Å². The highest BCUT2D eigenvalue weighted by Gasteiger charge is 2.21. The van der Waals surface area contributed by atoms with Crippen LogP contribution in [0.25, 0.3) is 0 Å². The van der Waals surface area contributed by atoms with Crippen molar-refractivity contribution < 1.29 is 14.7 Å². The monoisotopic (exact) mass is 302 g/mol. The maximum Gasteiger partial charge on any atom is 0.337 e. The van der Waals surface area contributed by atoms with Gasteiger partial charge in [0.1, 0.15) is 0 Å². The van der Waals surface area contributed by atoms with Gasteiger partial charge in [0.25, 0.3) is 0 Å². The normalized spacial score (nSPS) is 14.6. The van der Waals surface area contributed by atoms with Gasteiger partial charge in [-0.2, -0.15) is 0 Å². The summed E-state index contributed by atoms with van der Waals surface area (Å²) in [5, 5.41) is 14.6. The number of aromatic carboxylic acids is 1. The van der Waals surface area contributed by atoms with Crippen LogP contribution in [0.15, 0.2) is 12.1 Å². The molecule has 1 fully saturated rings. The lowest BCUT2D eigenvalue weighted by atomic mass is 9.93. The van der Waals surface area contributed by atoms with Crippen LogP contribution in [0.5, 0.6) is 0 Å². The molecule has 19 heavy (non-hydrogen) atoms. The van der Waals surface area contributed by atoms with E-state index in [2.05, 4.69) is 10.6 Å². The minimum atomic E-state index is -1.21. The largest absolute Gasteiger partial charge is 0.478 e. The predicted octanol–water partition coefficient (Wildman–Crippen LogP) is 3.37. The third-order valence-electron chi connectivity index (χ3n) is 2.96. The van der Waals surface area contributed by atoms with Crippen molar-refractivity contribution in [2.45, 2.75) is 25.3 Å². The van der Waals surface area contributed by atoms with Gasteiger partial charge in [0.05, 0.1) is 16.3 Å². The molecule has 0 atom stereocenters. The van der Waals surface area contributed by atoms with Crippen molar-refractivity contribution in [1.29, 1.82) is 0 Å². The van der Waals surface area contributed by atoms with Crippen LogP contribution in [0.3, 0.4) is 0 Å². The Kier molecular flexibility index (Phi) is 4.17. The van der Waals surface area contributed by atoms with Gasteiger partial charge in [-0.25, -0.2) is 9.59 Å². The Morgan fingerprint density at radius 2 is 1.95 bits per heavy atom. The standard InChI is InChI=1S/C12H12Cl2N2O3/c13-6-4-8(11(17)18)10(9(14)5-6)16-12(19)15-7-2-1-3-7/h4-5,7H,1-3H2,(H,17,18)(H2,15,16,19). The van der Waals surface area contributed by atoms with Gasteiger partial charge in [-0.15, -0.1) is 0 Å². The molecule has 0 saturated heterocycles. The number of carbonyl (C=O) groups excluding carboxylic acids is 1. The van der Waals surface area contributed by atoms with Crippen LogP contribution < -0.4 is 10.6 Å². The number of amides is 2. The first-order chi connectivity index (χ1) is 8.97. The lowest BCUT2D eigenvalue weighted by Crippen LogP contribution is -2.42. The zero-order valence-electron chi connectivity index (χ0n) is 9.87. The number of urea groups is 1. The number of carbonyl (C=O) groups is 2. The average Bonchev–Trinajstić information content (AvgIpc) is 2.26. The van der Waals surface area contributed by atoms with Crippen molar-refractivity contribution in [2.24, 2.45) is 0 Å². The molecule has 1 saturated carbocycles. The zero-order chi connectivity index (χ0) is 14.0. The highest BCUT2D eigenvalue weighted by atomic mass is 35.5. The van der Waals surface area contributed by atoms with Crippen LogP contribution in [0, 0.1) is 0 Å². The first-order valence-electron chi connectivity index (χ1n) is 5.77. The van der Waals surface area contributed by atoms with Crippen molar-refractivity contribution in [3.05, 3.63) is 27.7 Å². The van der Waals surface area contributed by atoms with Crippen molar-refractivity contribution in [1.82, 2.24) is 5.32 Å². The second-order valence-electron chi connectivity index (χ2n) is 4.34. The Hall–Kier alpha value is -1.46. The van der Waals surface area contributed by atoms with E-state index in [1.807, 2.05) is 0 Å². The molecule has 2 rings (SSSR count). The lowest BCUT2D eigenvalue weighted by molar-refractivity contribution is 0.0698. The molecule has 1 aliphatic rings. The van der Waals surface area contributed by atoms with E-state index in [-0.39, 0.29) is 27.3 Å². The Morgan fingerprint density at radius 1 is 1.26 bits per heavy atom. The fourth-order valence-electron chi connectivity index (χ4n) is 1.76. The van der Waals surface area contributed by atoms with E-state index in [0.29, 0.717) is 0 Å². The molecular weight excluding hydrogens is 291 g/mol. The summed E-state index contributed by atoms with van der Waals surface area (Å²) in [6.45, 7) is 0. The summed E-state index contributed by atoms with van der Waals surface area (Å²) in [6, 6.07) is 2.32. The Labute approximate surface area is 119 Å². The summed E-state index contributed by atoms with van der Waals surface area (Å²) < 4.78 is 0. The molecule has 0 radical (unpaired) electrons. The second-order valence-corrected chi connectivity index (χ2v) is 5.19. The molecular formula is C12H12Cl2N2O3. The molecule has 1 aliphatic carbocycles. The van der Waals surface area contributed by atoms with Gasteiger partial charge in [0.15, 0.2) is 0 Å². The lowest BCUT2D eigenvalue weighted by Gasteiger charge is -2.26. The third-order valence-corrected chi connectivity index (χ3v) is 3.48. The molecule has 0 unspecified atom stereocenters. The molecule has 0 spiro atoms. The predicted molar refractivity (Wildman–Crippen MR) is 73.2 cm³/mol. The van der Waals surface area contributed by atoms with Crippen molar-refractivity contribution >= 4 is 40.9 Å². The zero-order valence-corrected chi connectivity index (χ0v) is 11.4. The first kappa shape index (κ1) is 14.0. The Balaban J connectivity index is 2.18. The van der Waals surface area contributed by atoms with Crippen LogP contribution >= 0.6 is 23.2 Å². The van der Waals surface area contributed by atoms with Gasteiger partial charge in [0, 0.05) is 11.1 Å². The number of benzene rings is 1. The third kappa shape index (κ3) is 3.30. The quantitative estimate of drug-likeness (QED) is 0.801. The second kappa shape index (κ2) is 5.67. The molecule has 102 valence electrons. The van der Waals surface area contributed by atoms with Gasteiger partial charge in [0.2, 0.25) is 0 Å².